The van der Waals surface area contributed by atoms with Gasteiger partial charge in [0.2, 0.25) is 0 Å². The molecule has 0 N–H and O–H groups in total. The summed E-state index contributed by atoms with van der Waals surface area (Å²) < 4.78 is 7.40. The van der Waals surface area contributed by atoms with Crippen molar-refractivity contribution in [2.24, 2.45) is 0 Å². The van der Waals surface area contributed by atoms with E-state index in [1.165, 1.54) is 15.6 Å². The first kappa shape index (κ1) is 24.1. The Balaban J connectivity index is 1.35. The van der Waals surface area contributed by atoms with Crippen LogP contribution in [0, 0.1) is 0 Å². The van der Waals surface area contributed by atoms with Crippen LogP contribution in [0.1, 0.15) is 47.0 Å². The summed E-state index contributed by atoms with van der Waals surface area (Å²) in [4.78, 5) is 43.3. The lowest BCUT2D eigenvalue weighted by atomic mass is 10.0. The molecule has 2 amide bonds. The van der Waals surface area contributed by atoms with Crippen LogP contribution in [-0.2, 0) is 0 Å². The molecule has 1 aliphatic rings. The zero-order chi connectivity index (χ0) is 25.9. The first-order valence-corrected chi connectivity index (χ1v) is 12.2. The number of ether oxygens (including phenoxy) is 1. The summed E-state index contributed by atoms with van der Waals surface area (Å²) in [6.07, 6.45) is 2.12. The Morgan fingerprint density at radius 1 is 0.838 bits per heavy atom. The highest BCUT2D eigenvalue weighted by molar-refractivity contribution is 6.21. The maximum atomic E-state index is 12.6. The molecule has 0 spiro atoms. The van der Waals surface area contributed by atoms with Crippen molar-refractivity contribution in [3.05, 3.63) is 100 Å². The maximum absolute atomic E-state index is 12.6. The molecular formula is C29H26N4O4. The van der Waals surface area contributed by atoms with Crippen LogP contribution in [-0.4, -0.2) is 44.6 Å². The number of carbonyl (C=O) groups is 2. The van der Waals surface area contributed by atoms with E-state index in [-0.39, 0.29) is 36.6 Å². The van der Waals surface area contributed by atoms with Crippen molar-refractivity contribution >= 4 is 11.8 Å². The number of hydrogen-bond donors (Lipinski definition) is 0. The van der Waals surface area contributed by atoms with E-state index >= 15 is 0 Å². The highest BCUT2D eigenvalue weighted by Gasteiger charge is 2.34. The Morgan fingerprint density at radius 3 is 2.19 bits per heavy atom. The molecule has 4 aromatic rings. The van der Waals surface area contributed by atoms with Crippen LogP contribution in [0.15, 0.2) is 83.8 Å². The van der Waals surface area contributed by atoms with E-state index in [0.29, 0.717) is 29.0 Å². The molecule has 0 atom stereocenters. The van der Waals surface area contributed by atoms with E-state index in [1.54, 1.807) is 36.5 Å². The SMILES string of the molecule is CC(C)n1nc(-c2cc(OCCCN3C(=O)c4ccccc4C3=O)cnc2-c2ccccc2)ccc1=O. The molecule has 0 bridgehead atoms. The average molecular weight is 495 g/mol. The third-order valence-corrected chi connectivity index (χ3v) is 6.17. The molecule has 0 unspecified atom stereocenters. The molecule has 2 aromatic heterocycles. The van der Waals surface area contributed by atoms with Crippen LogP contribution in [0.2, 0.25) is 0 Å². The zero-order valence-corrected chi connectivity index (χ0v) is 20.6. The molecule has 0 radical (unpaired) electrons. The first-order valence-electron chi connectivity index (χ1n) is 12.2. The Morgan fingerprint density at radius 2 is 1.51 bits per heavy atom. The van der Waals surface area contributed by atoms with Gasteiger partial charge in [-0.25, -0.2) is 4.68 Å². The maximum Gasteiger partial charge on any atom is 0.267 e. The molecule has 0 fully saturated rings. The predicted molar refractivity (Wildman–Crippen MR) is 139 cm³/mol. The van der Waals surface area contributed by atoms with E-state index in [2.05, 4.69) is 10.1 Å². The number of carbonyl (C=O) groups excluding carboxylic acids is 2. The average Bonchev–Trinajstić information content (AvgIpc) is 3.16. The van der Waals surface area contributed by atoms with Crippen molar-refractivity contribution in [3.63, 3.8) is 0 Å². The summed E-state index contributed by atoms with van der Waals surface area (Å²) in [6.45, 7) is 4.36. The number of aromatic nitrogens is 3. The molecular weight excluding hydrogens is 468 g/mol. The lowest BCUT2D eigenvalue weighted by Crippen LogP contribution is -2.31. The minimum Gasteiger partial charge on any atom is -0.492 e. The van der Waals surface area contributed by atoms with Gasteiger partial charge in [-0.15, -0.1) is 0 Å². The van der Waals surface area contributed by atoms with Gasteiger partial charge in [0.25, 0.3) is 17.4 Å². The third-order valence-electron chi connectivity index (χ3n) is 6.17. The molecule has 1 aliphatic heterocycles. The minimum absolute atomic E-state index is 0.0952. The number of amides is 2. The molecule has 2 aromatic carbocycles. The van der Waals surface area contributed by atoms with Gasteiger partial charge < -0.3 is 4.74 Å². The van der Waals surface area contributed by atoms with Crippen molar-refractivity contribution in [3.8, 4) is 28.3 Å². The highest BCUT2D eigenvalue weighted by Crippen LogP contribution is 2.32. The fraction of sp³-hybridized carbons (Fsp3) is 0.207. The molecule has 186 valence electrons. The Kier molecular flexibility index (Phi) is 6.64. The summed E-state index contributed by atoms with van der Waals surface area (Å²) >= 11 is 0. The largest absolute Gasteiger partial charge is 0.492 e. The Bertz CT molecular complexity index is 1490. The van der Waals surface area contributed by atoms with Crippen molar-refractivity contribution in [1.29, 1.82) is 0 Å². The number of hydrogen-bond acceptors (Lipinski definition) is 6. The van der Waals surface area contributed by atoms with E-state index in [4.69, 9.17) is 4.74 Å². The normalized spacial score (nSPS) is 12.8. The molecule has 8 nitrogen and oxygen atoms in total. The van der Waals surface area contributed by atoms with Crippen molar-refractivity contribution in [1.82, 2.24) is 19.7 Å². The number of fused-ring (bicyclic) bond motifs is 1. The number of benzene rings is 2. The van der Waals surface area contributed by atoms with Crippen LogP contribution < -0.4 is 10.3 Å². The summed E-state index contributed by atoms with van der Waals surface area (Å²) in [7, 11) is 0. The molecule has 5 rings (SSSR count). The zero-order valence-electron chi connectivity index (χ0n) is 20.6. The van der Waals surface area contributed by atoms with Crippen molar-refractivity contribution < 1.29 is 14.3 Å². The quantitative estimate of drug-likeness (QED) is 0.262. The number of imide groups is 1. The van der Waals surface area contributed by atoms with Gasteiger partial charge in [-0.05, 0) is 44.5 Å². The van der Waals surface area contributed by atoms with Crippen molar-refractivity contribution in [2.75, 3.05) is 13.2 Å². The first-order chi connectivity index (χ1) is 17.9. The van der Waals surface area contributed by atoms with Crippen LogP contribution in [0.5, 0.6) is 5.75 Å². The lowest BCUT2D eigenvalue weighted by Gasteiger charge is -2.15. The summed E-state index contributed by atoms with van der Waals surface area (Å²) in [5, 5.41) is 4.58. The monoisotopic (exact) mass is 494 g/mol. The second-order valence-electron chi connectivity index (χ2n) is 9.04. The minimum atomic E-state index is -0.275. The van der Waals surface area contributed by atoms with Gasteiger partial charge in [-0.1, -0.05) is 42.5 Å². The van der Waals surface area contributed by atoms with E-state index < -0.39 is 0 Å². The van der Waals surface area contributed by atoms with Gasteiger partial charge in [-0.3, -0.25) is 24.3 Å². The fourth-order valence-corrected chi connectivity index (χ4v) is 4.34. The molecule has 0 aliphatic carbocycles. The van der Waals surface area contributed by atoms with Gasteiger partial charge in [-0.2, -0.15) is 5.10 Å². The standard InChI is InChI=1S/C29H26N4O4/c1-19(2)33-26(34)14-13-25(31-33)24-17-21(18-30-27(24)20-9-4-3-5-10-20)37-16-8-15-32-28(35)22-11-6-7-12-23(22)29(32)36/h3-7,9-14,17-19H,8,15-16H2,1-2H3. The summed E-state index contributed by atoms with van der Waals surface area (Å²) in [5.74, 6) is -0.0209. The Hall–Kier alpha value is -4.59. The molecule has 8 heteroatoms. The predicted octanol–water partition coefficient (Wildman–Crippen LogP) is 4.62. The van der Waals surface area contributed by atoms with Gasteiger partial charge >= 0.3 is 0 Å². The van der Waals surface area contributed by atoms with Gasteiger partial charge in [0.05, 0.1) is 41.4 Å². The third kappa shape index (κ3) is 4.78. The molecule has 37 heavy (non-hydrogen) atoms. The van der Waals surface area contributed by atoms with Gasteiger partial charge in [0, 0.05) is 23.7 Å². The summed E-state index contributed by atoms with van der Waals surface area (Å²) in [5.41, 5.74) is 3.69. The fourth-order valence-electron chi connectivity index (χ4n) is 4.34. The second-order valence-corrected chi connectivity index (χ2v) is 9.04. The lowest BCUT2D eigenvalue weighted by molar-refractivity contribution is 0.0646. The number of pyridine rings is 1. The second kappa shape index (κ2) is 10.2. The molecule has 0 saturated heterocycles. The van der Waals surface area contributed by atoms with Crippen LogP contribution >= 0.6 is 0 Å². The van der Waals surface area contributed by atoms with E-state index in [1.807, 2.05) is 50.2 Å². The molecule has 0 saturated carbocycles. The Labute approximate surface area is 214 Å². The summed E-state index contributed by atoms with van der Waals surface area (Å²) in [6, 6.07) is 21.5. The van der Waals surface area contributed by atoms with E-state index in [9.17, 15) is 14.4 Å². The van der Waals surface area contributed by atoms with Crippen LogP contribution in [0.25, 0.3) is 22.5 Å². The van der Waals surface area contributed by atoms with Crippen LogP contribution in [0.4, 0.5) is 0 Å². The smallest absolute Gasteiger partial charge is 0.267 e. The van der Waals surface area contributed by atoms with E-state index in [0.717, 1.165) is 16.8 Å². The van der Waals surface area contributed by atoms with Crippen LogP contribution in [0.3, 0.4) is 0 Å². The molecule has 3 heterocycles. The number of rotatable bonds is 8. The van der Waals surface area contributed by atoms with Crippen molar-refractivity contribution in [2.45, 2.75) is 26.3 Å². The topological polar surface area (TPSA) is 94.4 Å². The number of nitrogens with zero attached hydrogens (tertiary/aromatic N) is 4. The van der Waals surface area contributed by atoms with Gasteiger partial charge in [0.15, 0.2) is 0 Å². The highest BCUT2D eigenvalue weighted by atomic mass is 16.5. The van der Waals surface area contributed by atoms with Gasteiger partial charge in [0.1, 0.15) is 5.75 Å².